The van der Waals surface area contributed by atoms with Crippen molar-refractivity contribution in [3.8, 4) is 11.5 Å². The number of nitrogens with two attached hydrogens (primary N) is 1. The van der Waals surface area contributed by atoms with Gasteiger partial charge in [0.05, 0.1) is 0 Å². The molecule has 0 aromatic heterocycles. The number of unbranched alkanes of at least 4 members (excludes halogenated alkanes) is 1. The van der Waals surface area contributed by atoms with Crippen LogP contribution < -0.4 is 10.6 Å². The van der Waals surface area contributed by atoms with Crippen LogP contribution in [-0.4, -0.2) is 33.5 Å². The summed E-state index contributed by atoms with van der Waals surface area (Å²) in [5, 5.41) is 22.9. The van der Waals surface area contributed by atoms with Crippen LogP contribution >= 0.6 is 21.6 Å². The van der Waals surface area contributed by atoms with Crippen LogP contribution in [0.25, 0.3) is 0 Å². The van der Waals surface area contributed by atoms with Gasteiger partial charge in [-0.2, -0.15) is 0 Å². The molecule has 0 fully saturated rings. The zero-order valence-electron chi connectivity index (χ0n) is 29.1. The molecule has 0 saturated heterocycles. The zero-order chi connectivity index (χ0) is 33.8. The summed E-state index contributed by atoms with van der Waals surface area (Å²) < 4.78 is 0. The van der Waals surface area contributed by atoms with Crippen LogP contribution in [0.4, 0.5) is 11.4 Å². The molecule has 0 aliphatic rings. The SMILES string of the molecule is CC(C)(C)c1cc(N(C(=O)CCCCSSCCC(N)=O)c2cc(C(C)(C)C)c(O)c(C(C)(C)C)c2)cc(C(C)(C)C)c1O. The minimum Gasteiger partial charge on any atom is -0.507 e. The van der Waals surface area contributed by atoms with Crippen LogP contribution in [0.1, 0.15) is 131 Å². The first-order valence-electron chi connectivity index (χ1n) is 15.6. The summed E-state index contributed by atoms with van der Waals surface area (Å²) in [6.45, 7) is 24.8. The van der Waals surface area contributed by atoms with E-state index in [-0.39, 0.29) is 45.0 Å². The van der Waals surface area contributed by atoms with Crippen molar-refractivity contribution >= 4 is 44.8 Å². The fourth-order valence-electron chi connectivity index (χ4n) is 5.03. The Morgan fingerprint density at radius 1 is 0.614 bits per heavy atom. The van der Waals surface area contributed by atoms with Crippen molar-refractivity contribution in [2.75, 3.05) is 16.4 Å². The van der Waals surface area contributed by atoms with E-state index in [1.54, 1.807) is 26.5 Å². The molecule has 6 nitrogen and oxygen atoms in total. The molecule has 2 aromatic carbocycles. The maximum Gasteiger partial charge on any atom is 0.231 e. The van der Waals surface area contributed by atoms with Gasteiger partial charge < -0.3 is 15.9 Å². The van der Waals surface area contributed by atoms with Gasteiger partial charge >= 0.3 is 0 Å². The number of amides is 2. The molecule has 0 aliphatic carbocycles. The third-order valence-corrected chi connectivity index (χ3v) is 10.1. The highest BCUT2D eigenvalue weighted by Crippen LogP contribution is 2.46. The van der Waals surface area contributed by atoms with E-state index in [9.17, 15) is 19.8 Å². The summed E-state index contributed by atoms with van der Waals surface area (Å²) in [5.74, 6) is 1.77. The van der Waals surface area contributed by atoms with Gasteiger partial charge in [0.15, 0.2) is 0 Å². The Bertz CT molecular complexity index is 1170. The van der Waals surface area contributed by atoms with Gasteiger partial charge in [0.2, 0.25) is 11.8 Å². The van der Waals surface area contributed by atoms with Gasteiger partial charge in [-0.25, -0.2) is 0 Å². The maximum atomic E-state index is 14.3. The van der Waals surface area contributed by atoms with E-state index in [1.165, 1.54) is 0 Å². The van der Waals surface area contributed by atoms with Crippen molar-refractivity contribution in [3.05, 3.63) is 46.5 Å². The molecule has 0 heterocycles. The minimum atomic E-state index is -0.361. The van der Waals surface area contributed by atoms with Crippen molar-refractivity contribution in [3.63, 3.8) is 0 Å². The normalized spacial score (nSPS) is 12.8. The first-order valence-corrected chi connectivity index (χ1v) is 18.1. The molecule has 2 amide bonds. The number of anilines is 2. The first-order chi connectivity index (χ1) is 20.0. The Morgan fingerprint density at radius 3 is 1.27 bits per heavy atom. The molecule has 0 atom stereocenters. The lowest BCUT2D eigenvalue weighted by Crippen LogP contribution is -2.29. The molecule has 0 aliphatic heterocycles. The monoisotopic (exact) mass is 644 g/mol. The van der Waals surface area contributed by atoms with Crippen LogP contribution in [0.15, 0.2) is 24.3 Å². The molecular formula is C36H56N2O4S2. The van der Waals surface area contributed by atoms with E-state index < -0.39 is 0 Å². The Balaban J connectivity index is 2.70. The highest BCUT2D eigenvalue weighted by atomic mass is 33.1. The van der Waals surface area contributed by atoms with Crippen molar-refractivity contribution in [1.82, 2.24) is 0 Å². The van der Waals surface area contributed by atoms with E-state index in [4.69, 9.17) is 5.73 Å². The Hall–Kier alpha value is -2.32. The predicted octanol–water partition coefficient (Wildman–Crippen LogP) is 9.38. The van der Waals surface area contributed by atoms with E-state index in [0.717, 1.165) is 34.4 Å². The summed E-state index contributed by atoms with van der Waals surface area (Å²) in [7, 11) is 3.33. The molecule has 0 radical (unpaired) electrons. The van der Waals surface area contributed by atoms with Gasteiger partial charge in [0.25, 0.3) is 0 Å². The predicted molar refractivity (Wildman–Crippen MR) is 191 cm³/mol. The zero-order valence-corrected chi connectivity index (χ0v) is 30.7. The van der Waals surface area contributed by atoms with E-state index in [1.807, 2.05) is 24.3 Å². The smallest absolute Gasteiger partial charge is 0.231 e. The quantitative estimate of drug-likeness (QED) is 0.166. The van der Waals surface area contributed by atoms with Gasteiger partial charge in [0.1, 0.15) is 11.5 Å². The minimum absolute atomic E-state index is 0.0350. The molecule has 4 N–H and O–H groups in total. The Morgan fingerprint density at radius 2 is 0.955 bits per heavy atom. The average molecular weight is 645 g/mol. The van der Waals surface area contributed by atoms with E-state index in [0.29, 0.717) is 36.4 Å². The number of phenols is 2. The van der Waals surface area contributed by atoms with Gasteiger partial charge in [0, 0.05) is 58.0 Å². The maximum absolute atomic E-state index is 14.3. The number of aromatic hydroxyl groups is 2. The van der Waals surface area contributed by atoms with Gasteiger partial charge in [-0.15, -0.1) is 0 Å². The van der Waals surface area contributed by atoms with Crippen LogP contribution in [0.5, 0.6) is 11.5 Å². The Kier molecular flexibility index (Phi) is 12.4. The molecule has 0 unspecified atom stereocenters. The molecule has 0 spiro atoms. The number of primary amides is 1. The highest BCUT2D eigenvalue weighted by Gasteiger charge is 2.32. The van der Waals surface area contributed by atoms with E-state index >= 15 is 0 Å². The second-order valence-electron chi connectivity index (χ2n) is 15.8. The standard InChI is InChI=1S/C36H56N2O4S2/c1-33(2,3)25-19-23(20-26(31(25)41)34(4,5)6)38(30(40)15-13-14-17-43-44-18-16-29(37)39)24-21-27(35(7,8)9)32(42)28(22-24)36(10,11)12/h19-22,41-42H,13-18H2,1-12H3,(H2,37,39). The second kappa shape index (κ2) is 14.4. The lowest BCUT2D eigenvalue weighted by Gasteiger charge is -2.33. The summed E-state index contributed by atoms with van der Waals surface area (Å²) in [6, 6.07) is 7.81. The lowest BCUT2D eigenvalue weighted by molar-refractivity contribution is -0.118. The largest absolute Gasteiger partial charge is 0.507 e. The van der Waals surface area contributed by atoms with Crippen molar-refractivity contribution in [1.29, 1.82) is 0 Å². The molecule has 0 saturated carbocycles. The van der Waals surface area contributed by atoms with Crippen LogP contribution in [0.3, 0.4) is 0 Å². The van der Waals surface area contributed by atoms with Crippen molar-refractivity contribution < 1.29 is 19.8 Å². The number of nitrogens with zero attached hydrogens (tertiary/aromatic N) is 1. The van der Waals surface area contributed by atoms with Crippen LogP contribution in [0, 0.1) is 0 Å². The molecule has 8 heteroatoms. The van der Waals surface area contributed by atoms with Gasteiger partial charge in [-0.05, 0) is 58.8 Å². The summed E-state index contributed by atoms with van der Waals surface area (Å²) in [4.78, 5) is 27.1. The number of carbonyl (C=O) groups excluding carboxylic acids is 2. The van der Waals surface area contributed by atoms with Gasteiger partial charge in [-0.1, -0.05) is 105 Å². The number of carbonyl (C=O) groups is 2. The number of phenolic OH excluding ortho intramolecular Hbond substituents is 2. The molecule has 2 aromatic rings. The summed E-state index contributed by atoms with van der Waals surface area (Å²) in [5.41, 5.74) is 8.35. The fourth-order valence-corrected chi connectivity index (χ4v) is 7.18. The number of rotatable bonds is 11. The second-order valence-corrected chi connectivity index (χ2v) is 18.5. The Labute approximate surface area is 274 Å². The van der Waals surface area contributed by atoms with Crippen molar-refractivity contribution in [2.45, 2.75) is 130 Å². The number of hydrogen-bond acceptors (Lipinski definition) is 6. The third kappa shape index (κ3) is 10.1. The highest BCUT2D eigenvalue weighted by molar-refractivity contribution is 8.76. The lowest BCUT2D eigenvalue weighted by atomic mass is 9.78. The molecular weight excluding hydrogens is 589 g/mol. The summed E-state index contributed by atoms with van der Waals surface area (Å²) in [6.07, 6.45) is 2.29. The van der Waals surface area contributed by atoms with E-state index in [2.05, 4.69) is 83.1 Å². The number of hydrogen-bond donors (Lipinski definition) is 3. The van der Waals surface area contributed by atoms with Crippen LogP contribution in [0.2, 0.25) is 0 Å². The fraction of sp³-hybridized carbons (Fsp3) is 0.611. The summed E-state index contributed by atoms with van der Waals surface area (Å²) >= 11 is 0. The van der Waals surface area contributed by atoms with Gasteiger partial charge in [-0.3, -0.25) is 14.5 Å². The first kappa shape index (κ1) is 37.9. The van der Waals surface area contributed by atoms with Crippen LogP contribution in [-0.2, 0) is 31.2 Å². The van der Waals surface area contributed by atoms with Crippen molar-refractivity contribution in [2.24, 2.45) is 5.73 Å². The molecule has 0 bridgehead atoms. The third-order valence-electron chi connectivity index (χ3n) is 7.57. The average Bonchev–Trinajstić information content (AvgIpc) is 2.84. The molecule has 44 heavy (non-hydrogen) atoms. The molecule has 246 valence electrons. The topological polar surface area (TPSA) is 104 Å². The molecule has 2 rings (SSSR count). The number of benzene rings is 2.